The van der Waals surface area contributed by atoms with Crippen molar-refractivity contribution in [1.82, 2.24) is 14.8 Å². The number of carboxylic acids is 1. The highest BCUT2D eigenvalue weighted by Gasteiger charge is 2.12. The summed E-state index contributed by atoms with van der Waals surface area (Å²) in [6.45, 7) is 0.611. The minimum atomic E-state index is -0.938. The molecule has 0 aliphatic carbocycles. The Morgan fingerprint density at radius 2 is 1.96 bits per heavy atom. The summed E-state index contributed by atoms with van der Waals surface area (Å²) >= 11 is 4.90. The van der Waals surface area contributed by atoms with Crippen molar-refractivity contribution in [3.63, 3.8) is 0 Å². The molecule has 5 nitrogen and oxygen atoms in total. The van der Waals surface area contributed by atoms with Crippen molar-refractivity contribution < 1.29 is 9.90 Å². The molecule has 3 aromatic rings. The molecule has 0 saturated heterocycles. The van der Waals surface area contributed by atoms with Crippen LogP contribution in [0.3, 0.4) is 0 Å². The zero-order chi connectivity index (χ0) is 19.9. The topological polar surface area (TPSA) is 68.0 Å². The fourth-order valence-corrected chi connectivity index (χ4v) is 3.12. The maximum absolute atomic E-state index is 11.4. The number of terminal acetylenes is 1. The number of benzene rings is 2. The number of rotatable bonds is 8. The van der Waals surface area contributed by atoms with E-state index in [4.69, 9.17) is 18.6 Å². The summed E-state index contributed by atoms with van der Waals surface area (Å²) in [6.07, 6.45) is 7.10. The van der Waals surface area contributed by atoms with Gasteiger partial charge >= 0.3 is 5.97 Å². The molecule has 0 saturated carbocycles. The number of nitrogens with zero attached hydrogens (tertiary/aromatic N) is 3. The minimum Gasteiger partial charge on any atom is -0.478 e. The Hall–Kier alpha value is -3.30. The lowest BCUT2D eigenvalue weighted by Crippen LogP contribution is -2.06. The fourth-order valence-electron chi connectivity index (χ4n) is 2.97. The third-order valence-electron chi connectivity index (χ3n) is 4.31. The van der Waals surface area contributed by atoms with Gasteiger partial charge in [-0.15, -0.1) is 12.3 Å². The van der Waals surface area contributed by atoms with E-state index in [1.54, 1.807) is 17.5 Å². The third kappa shape index (κ3) is 4.51. The summed E-state index contributed by atoms with van der Waals surface area (Å²) in [5.74, 6) is 3.21. The second kappa shape index (κ2) is 9.07. The van der Waals surface area contributed by atoms with Gasteiger partial charge in [-0.05, 0) is 28.1 Å². The molecule has 140 valence electrons. The van der Waals surface area contributed by atoms with E-state index in [0.29, 0.717) is 37.2 Å². The molecule has 0 bridgehead atoms. The maximum atomic E-state index is 11.4. The van der Waals surface area contributed by atoms with Gasteiger partial charge in [0.1, 0.15) is 5.82 Å². The number of thiocarbonyl (C=S) groups is 1. The molecule has 2 aromatic carbocycles. The molecule has 0 atom stereocenters. The fraction of sp³-hybridized carbons (Fsp3) is 0.182. The first-order valence-corrected chi connectivity index (χ1v) is 9.31. The van der Waals surface area contributed by atoms with E-state index in [-0.39, 0.29) is 5.56 Å². The second-order valence-electron chi connectivity index (χ2n) is 6.22. The van der Waals surface area contributed by atoms with Gasteiger partial charge in [-0.25, -0.2) is 14.5 Å². The van der Waals surface area contributed by atoms with E-state index in [0.717, 1.165) is 17.0 Å². The van der Waals surface area contributed by atoms with Crippen molar-refractivity contribution in [3.8, 4) is 23.5 Å². The molecule has 1 heterocycles. The number of aromatic nitrogens is 3. The van der Waals surface area contributed by atoms with E-state index in [2.05, 4.69) is 16.0 Å². The molecule has 3 rings (SSSR count). The van der Waals surface area contributed by atoms with Crippen LogP contribution in [0.2, 0.25) is 0 Å². The zero-order valence-electron chi connectivity index (χ0n) is 15.2. The average Bonchev–Trinajstić information content (AvgIpc) is 3.08. The van der Waals surface area contributed by atoms with Crippen LogP contribution in [0.15, 0.2) is 48.5 Å². The Labute approximate surface area is 169 Å². The lowest BCUT2D eigenvalue weighted by Gasteiger charge is -2.08. The Bertz CT molecular complexity index is 1030. The highest BCUT2D eigenvalue weighted by atomic mass is 32.1. The molecule has 0 spiro atoms. The van der Waals surface area contributed by atoms with Crippen LogP contribution >= 0.6 is 12.2 Å². The molecule has 1 aromatic heterocycles. The molecule has 0 radical (unpaired) electrons. The van der Waals surface area contributed by atoms with E-state index < -0.39 is 5.97 Å². The van der Waals surface area contributed by atoms with Crippen molar-refractivity contribution in [2.75, 3.05) is 0 Å². The van der Waals surface area contributed by atoms with Crippen LogP contribution in [-0.4, -0.2) is 31.2 Å². The highest BCUT2D eigenvalue weighted by molar-refractivity contribution is 7.78. The number of aryl methyl sites for hydroxylation is 1. The standard InChI is InChI=1S/C22H19N3O2S/c1-2-3-13-25-21(23-20(24-25)12-14-28)15-16-8-10-17(11-9-16)18-6-4-5-7-19(18)22(26)27/h1,4-11,14H,3,12-13,15H2,(H,26,27). The molecule has 1 N–H and O–H groups in total. The third-order valence-corrected chi connectivity index (χ3v) is 4.48. The quantitative estimate of drug-likeness (QED) is 0.469. The van der Waals surface area contributed by atoms with E-state index in [9.17, 15) is 9.90 Å². The Morgan fingerprint density at radius 1 is 1.21 bits per heavy atom. The molecule has 0 amide bonds. The monoisotopic (exact) mass is 389 g/mol. The van der Waals surface area contributed by atoms with Gasteiger partial charge in [0.15, 0.2) is 5.82 Å². The van der Waals surface area contributed by atoms with Crippen LogP contribution in [0.1, 0.15) is 34.0 Å². The largest absolute Gasteiger partial charge is 0.478 e. The first-order chi connectivity index (χ1) is 13.6. The molecule has 0 aliphatic rings. The summed E-state index contributed by atoms with van der Waals surface area (Å²) in [5, 5.41) is 15.5. The van der Waals surface area contributed by atoms with Gasteiger partial charge in [0.05, 0.1) is 12.1 Å². The SMILES string of the molecule is C#CCCn1nc(CC=S)nc1Cc1ccc(-c2ccccc2C(=O)O)cc1. The van der Waals surface area contributed by atoms with Crippen LogP contribution in [-0.2, 0) is 19.4 Å². The number of hydrogen-bond donors (Lipinski definition) is 1. The van der Waals surface area contributed by atoms with Crippen LogP contribution < -0.4 is 0 Å². The van der Waals surface area contributed by atoms with E-state index in [1.807, 2.05) is 41.1 Å². The van der Waals surface area contributed by atoms with Gasteiger partial charge in [-0.2, -0.15) is 5.10 Å². The van der Waals surface area contributed by atoms with Crippen LogP contribution in [0.4, 0.5) is 0 Å². The molecule has 0 unspecified atom stereocenters. The van der Waals surface area contributed by atoms with Crippen molar-refractivity contribution >= 4 is 23.6 Å². The predicted octanol–water partition coefficient (Wildman–Crippen LogP) is 3.80. The molecule has 28 heavy (non-hydrogen) atoms. The van der Waals surface area contributed by atoms with Gasteiger partial charge in [0.2, 0.25) is 0 Å². The maximum Gasteiger partial charge on any atom is 0.336 e. The van der Waals surface area contributed by atoms with Crippen molar-refractivity contribution in [3.05, 3.63) is 71.3 Å². The Kier molecular flexibility index (Phi) is 6.30. The van der Waals surface area contributed by atoms with E-state index in [1.165, 1.54) is 0 Å². The lowest BCUT2D eigenvalue weighted by atomic mass is 9.98. The Morgan fingerprint density at radius 3 is 2.64 bits per heavy atom. The van der Waals surface area contributed by atoms with Crippen molar-refractivity contribution in [2.45, 2.75) is 25.8 Å². The van der Waals surface area contributed by atoms with Gasteiger partial charge in [-0.1, -0.05) is 54.7 Å². The number of aromatic carboxylic acids is 1. The minimum absolute atomic E-state index is 0.286. The van der Waals surface area contributed by atoms with Gasteiger partial charge in [0, 0.05) is 19.3 Å². The first kappa shape index (κ1) is 19.5. The normalized spacial score (nSPS) is 10.4. The van der Waals surface area contributed by atoms with Crippen molar-refractivity contribution in [2.24, 2.45) is 0 Å². The highest BCUT2D eigenvalue weighted by Crippen LogP contribution is 2.24. The molecular formula is C22H19N3O2S. The molecule has 6 heteroatoms. The summed E-state index contributed by atoms with van der Waals surface area (Å²) in [7, 11) is 0. The van der Waals surface area contributed by atoms with Gasteiger partial charge in [-0.3, -0.25) is 0 Å². The lowest BCUT2D eigenvalue weighted by molar-refractivity contribution is 0.0697. The van der Waals surface area contributed by atoms with Crippen LogP contribution in [0.25, 0.3) is 11.1 Å². The summed E-state index contributed by atoms with van der Waals surface area (Å²) in [5.41, 5.74) is 2.90. The number of hydrogen-bond acceptors (Lipinski definition) is 4. The average molecular weight is 389 g/mol. The second-order valence-corrected chi connectivity index (χ2v) is 6.55. The van der Waals surface area contributed by atoms with Crippen LogP contribution in [0.5, 0.6) is 0 Å². The summed E-state index contributed by atoms with van der Waals surface area (Å²) in [6, 6.07) is 14.8. The zero-order valence-corrected chi connectivity index (χ0v) is 16.0. The molecule has 0 fully saturated rings. The van der Waals surface area contributed by atoms with Crippen molar-refractivity contribution in [1.29, 1.82) is 0 Å². The Balaban J connectivity index is 1.84. The first-order valence-electron chi connectivity index (χ1n) is 8.83. The predicted molar refractivity (Wildman–Crippen MR) is 112 cm³/mol. The number of carboxylic acid groups (broad SMARTS) is 1. The molecular weight excluding hydrogens is 370 g/mol. The van der Waals surface area contributed by atoms with E-state index >= 15 is 0 Å². The smallest absolute Gasteiger partial charge is 0.336 e. The summed E-state index contributed by atoms with van der Waals surface area (Å²) in [4.78, 5) is 16.0. The van der Waals surface area contributed by atoms with Gasteiger partial charge < -0.3 is 5.11 Å². The van der Waals surface area contributed by atoms with Crippen LogP contribution in [0, 0.1) is 12.3 Å². The van der Waals surface area contributed by atoms with Gasteiger partial charge in [0.25, 0.3) is 0 Å². The molecule has 0 aliphatic heterocycles. The summed E-state index contributed by atoms with van der Waals surface area (Å²) < 4.78 is 1.83. The number of carbonyl (C=O) groups is 1.